The van der Waals surface area contributed by atoms with E-state index in [0.717, 1.165) is 12.1 Å². The van der Waals surface area contributed by atoms with E-state index in [4.69, 9.17) is 4.74 Å². The molecule has 0 aliphatic heterocycles. The van der Waals surface area contributed by atoms with Gasteiger partial charge < -0.3 is 10.1 Å². The van der Waals surface area contributed by atoms with Crippen LogP contribution < -0.4 is 5.32 Å². The highest BCUT2D eigenvalue weighted by atomic mass is 19.1. The van der Waals surface area contributed by atoms with Crippen LogP contribution in [0.4, 0.5) is 4.39 Å². The maximum atomic E-state index is 12.6. The van der Waals surface area contributed by atoms with Crippen molar-refractivity contribution in [1.82, 2.24) is 5.32 Å². The molecule has 0 aromatic heterocycles. The monoisotopic (exact) mass is 211 g/mol. The van der Waals surface area contributed by atoms with Gasteiger partial charge in [0.15, 0.2) is 0 Å². The molecule has 3 heteroatoms. The van der Waals surface area contributed by atoms with E-state index in [0.29, 0.717) is 19.3 Å². The predicted octanol–water partition coefficient (Wildman–Crippen LogP) is 2.34. The minimum Gasteiger partial charge on any atom is -0.375 e. The Bertz CT molecular complexity index is 271. The molecule has 0 atom stereocenters. The Morgan fingerprint density at radius 3 is 2.53 bits per heavy atom. The van der Waals surface area contributed by atoms with Crippen molar-refractivity contribution >= 4 is 0 Å². The van der Waals surface area contributed by atoms with Crippen molar-refractivity contribution in [2.75, 3.05) is 13.2 Å². The smallest absolute Gasteiger partial charge is 0.123 e. The molecule has 0 heterocycles. The van der Waals surface area contributed by atoms with Crippen LogP contribution in [0, 0.1) is 5.82 Å². The second-order valence-electron chi connectivity index (χ2n) is 3.79. The summed E-state index contributed by atoms with van der Waals surface area (Å²) in [7, 11) is 0. The fraction of sp³-hybridized carbons (Fsp3) is 0.500. The van der Waals surface area contributed by atoms with Gasteiger partial charge in [-0.05, 0) is 17.7 Å². The van der Waals surface area contributed by atoms with Crippen LogP contribution in [0.25, 0.3) is 0 Å². The molecule has 0 radical (unpaired) electrons. The first-order chi connectivity index (χ1) is 7.18. The quantitative estimate of drug-likeness (QED) is 0.729. The van der Waals surface area contributed by atoms with Crippen LogP contribution >= 0.6 is 0 Å². The molecular weight excluding hydrogens is 193 g/mol. The van der Waals surface area contributed by atoms with E-state index >= 15 is 0 Å². The Balaban J connectivity index is 2.12. The second kappa shape index (κ2) is 6.53. The largest absolute Gasteiger partial charge is 0.375 e. The topological polar surface area (TPSA) is 21.3 Å². The second-order valence-corrected chi connectivity index (χ2v) is 3.79. The number of nitrogens with one attached hydrogen (secondary N) is 1. The zero-order valence-corrected chi connectivity index (χ0v) is 9.29. The summed E-state index contributed by atoms with van der Waals surface area (Å²) in [5.41, 5.74) is 1.00. The Labute approximate surface area is 90.4 Å². The van der Waals surface area contributed by atoms with Crippen LogP contribution in [0.3, 0.4) is 0 Å². The highest BCUT2D eigenvalue weighted by Crippen LogP contribution is 2.03. The molecule has 2 nitrogen and oxygen atoms in total. The summed E-state index contributed by atoms with van der Waals surface area (Å²) in [5, 5.41) is 3.26. The van der Waals surface area contributed by atoms with Crippen LogP contribution in [0.1, 0.15) is 19.4 Å². The van der Waals surface area contributed by atoms with Gasteiger partial charge in [-0.2, -0.15) is 0 Å². The van der Waals surface area contributed by atoms with Gasteiger partial charge in [-0.1, -0.05) is 26.0 Å². The van der Waals surface area contributed by atoms with Crippen molar-refractivity contribution < 1.29 is 9.13 Å². The fourth-order valence-electron chi connectivity index (χ4n) is 1.19. The lowest BCUT2D eigenvalue weighted by Gasteiger charge is -2.08. The lowest BCUT2D eigenvalue weighted by molar-refractivity contribution is 0.121. The van der Waals surface area contributed by atoms with Crippen molar-refractivity contribution in [3.05, 3.63) is 35.6 Å². The van der Waals surface area contributed by atoms with Gasteiger partial charge in [-0.25, -0.2) is 4.39 Å². The van der Waals surface area contributed by atoms with Crippen LogP contribution in [0.5, 0.6) is 0 Å². The number of hydrogen-bond acceptors (Lipinski definition) is 2. The van der Waals surface area contributed by atoms with Gasteiger partial charge in [0.2, 0.25) is 0 Å². The Kier molecular flexibility index (Phi) is 5.29. The molecule has 0 aliphatic rings. The van der Waals surface area contributed by atoms with Crippen LogP contribution in [-0.2, 0) is 11.3 Å². The maximum absolute atomic E-state index is 12.6. The number of halogens is 1. The SMILES string of the molecule is CC(C)NCCOCc1ccc(F)cc1. The molecule has 0 unspecified atom stereocenters. The minimum absolute atomic E-state index is 0.208. The molecule has 0 fully saturated rings. The van der Waals surface area contributed by atoms with E-state index in [-0.39, 0.29) is 5.82 Å². The molecule has 1 aromatic carbocycles. The minimum atomic E-state index is -0.208. The standard InChI is InChI=1S/C12H18FNO/c1-10(2)14-7-8-15-9-11-3-5-12(13)6-4-11/h3-6,10,14H,7-9H2,1-2H3. The molecule has 0 spiro atoms. The van der Waals surface area contributed by atoms with Gasteiger partial charge in [0.05, 0.1) is 13.2 Å². The summed E-state index contributed by atoms with van der Waals surface area (Å²) in [4.78, 5) is 0. The molecule has 0 amide bonds. The Morgan fingerprint density at radius 2 is 1.93 bits per heavy atom. The molecule has 1 N–H and O–H groups in total. The third-order valence-corrected chi connectivity index (χ3v) is 1.98. The van der Waals surface area contributed by atoms with E-state index in [2.05, 4.69) is 19.2 Å². The Morgan fingerprint density at radius 1 is 1.27 bits per heavy atom. The van der Waals surface area contributed by atoms with Crippen molar-refractivity contribution in [1.29, 1.82) is 0 Å². The zero-order chi connectivity index (χ0) is 11.1. The van der Waals surface area contributed by atoms with E-state index in [1.54, 1.807) is 12.1 Å². The molecule has 1 aromatic rings. The molecule has 0 saturated heterocycles. The summed E-state index contributed by atoms with van der Waals surface area (Å²) in [6.45, 7) is 6.26. The van der Waals surface area contributed by atoms with Gasteiger partial charge in [0.25, 0.3) is 0 Å². The third-order valence-electron chi connectivity index (χ3n) is 1.98. The molecule has 1 rings (SSSR count). The van der Waals surface area contributed by atoms with E-state index in [9.17, 15) is 4.39 Å². The summed E-state index contributed by atoms with van der Waals surface area (Å²) in [5.74, 6) is -0.208. The highest BCUT2D eigenvalue weighted by molar-refractivity contribution is 5.14. The summed E-state index contributed by atoms with van der Waals surface area (Å²) < 4.78 is 18.0. The average Bonchev–Trinajstić information content (AvgIpc) is 2.20. The molecule has 15 heavy (non-hydrogen) atoms. The summed E-state index contributed by atoms with van der Waals surface area (Å²) in [6, 6.07) is 6.87. The normalized spacial score (nSPS) is 10.9. The fourth-order valence-corrected chi connectivity index (χ4v) is 1.19. The molecular formula is C12H18FNO. The maximum Gasteiger partial charge on any atom is 0.123 e. The lowest BCUT2D eigenvalue weighted by Crippen LogP contribution is -2.26. The van der Waals surface area contributed by atoms with E-state index in [1.165, 1.54) is 12.1 Å². The van der Waals surface area contributed by atoms with Gasteiger partial charge in [-0.3, -0.25) is 0 Å². The van der Waals surface area contributed by atoms with Crippen LogP contribution in [-0.4, -0.2) is 19.2 Å². The van der Waals surface area contributed by atoms with Gasteiger partial charge in [-0.15, -0.1) is 0 Å². The van der Waals surface area contributed by atoms with Crippen molar-refractivity contribution in [2.45, 2.75) is 26.5 Å². The van der Waals surface area contributed by atoms with Gasteiger partial charge >= 0.3 is 0 Å². The molecule has 0 saturated carbocycles. The third kappa shape index (κ3) is 5.50. The number of benzene rings is 1. The van der Waals surface area contributed by atoms with E-state index < -0.39 is 0 Å². The van der Waals surface area contributed by atoms with Gasteiger partial charge in [0.1, 0.15) is 5.82 Å². The Hall–Kier alpha value is -0.930. The first-order valence-electron chi connectivity index (χ1n) is 5.24. The molecule has 0 aliphatic carbocycles. The van der Waals surface area contributed by atoms with E-state index in [1.807, 2.05) is 0 Å². The lowest BCUT2D eigenvalue weighted by atomic mass is 10.2. The van der Waals surface area contributed by atoms with Crippen molar-refractivity contribution in [2.24, 2.45) is 0 Å². The molecule has 84 valence electrons. The average molecular weight is 211 g/mol. The van der Waals surface area contributed by atoms with Crippen molar-refractivity contribution in [3.8, 4) is 0 Å². The highest BCUT2D eigenvalue weighted by Gasteiger charge is 1.95. The van der Waals surface area contributed by atoms with Gasteiger partial charge in [0, 0.05) is 12.6 Å². The van der Waals surface area contributed by atoms with Crippen molar-refractivity contribution in [3.63, 3.8) is 0 Å². The summed E-state index contributed by atoms with van der Waals surface area (Å²) in [6.07, 6.45) is 0. The molecule has 0 bridgehead atoms. The zero-order valence-electron chi connectivity index (χ0n) is 9.29. The number of ether oxygens (including phenoxy) is 1. The first kappa shape index (κ1) is 12.1. The number of rotatable bonds is 6. The number of hydrogen-bond donors (Lipinski definition) is 1. The van der Waals surface area contributed by atoms with Crippen LogP contribution in [0.15, 0.2) is 24.3 Å². The van der Waals surface area contributed by atoms with Crippen LogP contribution in [0.2, 0.25) is 0 Å². The predicted molar refractivity (Wildman–Crippen MR) is 59.2 cm³/mol. The first-order valence-corrected chi connectivity index (χ1v) is 5.24. The summed E-state index contributed by atoms with van der Waals surface area (Å²) >= 11 is 0.